The lowest BCUT2D eigenvalue weighted by Gasteiger charge is -2.27. The average molecular weight is 495 g/mol. The molecule has 0 bridgehead atoms. The molecule has 0 unspecified atom stereocenters. The van der Waals surface area contributed by atoms with E-state index in [1.54, 1.807) is 18.2 Å². The summed E-state index contributed by atoms with van der Waals surface area (Å²) < 4.78 is 39.4. The number of aliphatic hydroxyl groups excluding tert-OH is 2. The van der Waals surface area contributed by atoms with Crippen molar-refractivity contribution in [1.29, 1.82) is 0 Å². The maximum absolute atomic E-state index is 14.6. The number of halogens is 3. The molecule has 1 aromatic heterocycles. The summed E-state index contributed by atoms with van der Waals surface area (Å²) in [6, 6.07) is 12.1. The van der Waals surface area contributed by atoms with Crippen LogP contribution in [0.5, 0.6) is 11.5 Å². The molecular weight excluding hydrogens is 467 g/mol. The van der Waals surface area contributed by atoms with Gasteiger partial charge in [0.05, 0.1) is 18.6 Å². The van der Waals surface area contributed by atoms with Gasteiger partial charge in [0.2, 0.25) is 0 Å². The Labute approximate surface area is 201 Å². The Balaban J connectivity index is 1.59. The number of rotatable bonds is 12. The summed E-state index contributed by atoms with van der Waals surface area (Å²) in [4.78, 5) is 0. The molecule has 0 aliphatic rings. The maximum atomic E-state index is 14.6. The fourth-order valence-electron chi connectivity index (χ4n) is 3.32. The third kappa shape index (κ3) is 6.65. The van der Waals surface area contributed by atoms with Crippen molar-refractivity contribution in [3.05, 3.63) is 71.3 Å². The van der Waals surface area contributed by atoms with Crippen LogP contribution in [0.3, 0.4) is 0 Å². The highest BCUT2D eigenvalue weighted by Crippen LogP contribution is 2.34. The Morgan fingerprint density at radius 1 is 1.03 bits per heavy atom. The van der Waals surface area contributed by atoms with Crippen LogP contribution in [-0.2, 0) is 18.6 Å². The van der Waals surface area contributed by atoms with Crippen LogP contribution in [0.2, 0.25) is 0 Å². The second-order valence-electron chi connectivity index (χ2n) is 8.44. The normalized spacial score (nSPS) is 13.5. The molecule has 2 atom stereocenters. The first kappa shape index (κ1) is 25.9. The number of aromatic nitrogens is 3. The largest absolute Gasteiger partial charge is 0.491 e. The maximum Gasteiger partial charge on any atom is 0.165 e. The van der Waals surface area contributed by atoms with Gasteiger partial charge in [0.25, 0.3) is 0 Å². The number of benzene rings is 2. The molecule has 0 saturated carbocycles. The van der Waals surface area contributed by atoms with Crippen LogP contribution >= 0.6 is 11.6 Å². The Morgan fingerprint density at radius 3 is 2.32 bits per heavy atom. The van der Waals surface area contributed by atoms with Gasteiger partial charge in [0.15, 0.2) is 11.6 Å². The first-order valence-electron chi connectivity index (χ1n) is 10.8. The molecule has 7 nitrogen and oxygen atoms in total. The van der Waals surface area contributed by atoms with Gasteiger partial charge in [-0.15, -0.1) is 16.7 Å². The summed E-state index contributed by atoms with van der Waals surface area (Å²) in [5.41, 5.74) is 1.39. The van der Waals surface area contributed by atoms with Crippen molar-refractivity contribution >= 4 is 11.6 Å². The van der Waals surface area contributed by atoms with Crippen molar-refractivity contribution in [1.82, 2.24) is 15.0 Å². The molecule has 0 aliphatic carbocycles. The Hall–Kier alpha value is -2.75. The highest BCUT2D eigenvalue weighted by molar-refractivity contribution is 6.18. The zero-order valence-corrected chi connectivity index (χ0v) is 19.8. The lowest BCUT2D eigenvalue weighted by Crippen LogP contribution is -2.24. The first-order chi connectivity index (χ1) is 16.2. The second-order valence-corrected chi connectivity index (χ2v) is 8.75. The predicted octanol–water partition coefficient (Wildman–Crippen LogP) is 3.63. The summed E-state index contributed by atoms with van der Waals surface area (Å²) >= 11 is 5.53. The molecule has 3 aromatic rings. The Morgan fingerprint density at radius 2 is 1.71 bits per heavy atom. The molecule has 0 aliphatic heterocycles. The van der Waals surface area contributed by atoms with E-state index in [-0.39, 0.29) is 37.1 Å². The molecule has 0 spiro atoms. The highest BCUT2D eigenvalue weighted by Gasteiger charge is 2.25. The van der Waals surface area contributed by atoms with Crippen molar-refractivity contribution in [2.45, 2.75) is 44.7 Å². The summed E-state index contributed by atoms with van der Waals surface area (Å²) in [5.74, 6) is 0.105. The zero-order valence-electron chi connectivity index (χ0n) is 19.0. The van der Waals surface area contributed by atoms with Crippen molar-refractivity contribution in [2.75, 3.05) is 19.1 Å². The Kier molecular flexibility index (Phi) is 8.82. The molecule has 2 aromatic carbocycles. The number of alkyl halides is 2. The van der Waals surface area contributed by atoms with Crippen LogP contribution in [0.15, 0.2) is 48.7 Å². The van der Waals surface area contributed by atoms with Gasteiger partial charge in [0.1, 0.15) is 43.5 Å². The van der Waals surface area contributed by atoms with E-state index < -0.39 is 30.1 Å². The number of nitrogens with zero attached hydrogens (tertiary/aromatic N) is 3. The van der Waals surface area contributed by atoms with Gasteiger partial charge in [0, 0.05) is 5.41 Å². The molecule has 3 rings (SSSR count). The zero-order chi connectivity index (χ0) is 24.7. The topological polar surface area (TPSA) is 89.6 Å². The van der Waals surface area contributed by atoms with Crippen LogP contribution in [0.25, 0.3) is 0 Å². The summed E-state index contributed by atoms with van der Waals surface area (Å²) in [5, 5.41) is 27.0. The van der Waals surface area contributed by atoms with Crippen LogP contribution in [0.4, 0.5) is 8.78 Å². The van der Waals surface area contributed by atoms with E-state index in [0.717, 1.165) is 11.1 Å². The quantitative estimate of drug-likeness (QED) is 0.374. The third-order valence-corrected chi connectivity index (χ3v) is 5.76. The average Bonchev–Trinajstić information content (AvgIpc) is 3.29. The van der Waals surface area contributed by atoms with Crippen molar-refractivity contribution < 1.29 is 28.5 Å². The van der Waals surface area contributed by atoms with Gasteiger partial charge >= 0.3 is 0 Å². The van der Waals surface area contributed by atoms with E-state index in [9.17, 15) is 19.0 Å². The van der Waals surface area contributed by atoms with Crippen LogP contribution in [0, 0.1) is 5.82 Å². The molecule has 184 valence electrons. The van der Waals surface area contributed by atoms with E-state index in [1.807, 2.05) is 26.0 Å². The van der Waals surface area contributed by atoms with Gasteiger partial charge < -0.3 is 19.7 Å². The van der Waals surface area contributed by atoms with E-state index in [1.165, 1.54) is 23.0 Å². The molecule has 0 radical (unpaired) electrons. The minimum absolute atomic E-state index is 0.00846. The lowest BCUT2D eigenvalue weighted by atomic mass is 9.78. The lowest BCUT2D eigenvalue weighted by molar-refractivity contribution is 0.0888. The van der Waals surface area contributed by atoms with Gasteiger partial charge in [-0.3, -0.25) is 0 Å². The molecule has 34 heavy (non-hydrogen) atoms. The fourth-order valence-corrected chi connectivity index (χ4v) is 3.41. The number of ether oxygens (including phenoxy) is 2. The molecule has 10 heteroatoms. The van der Waals surface area contributed by atoms with Gasteiger partial charge in [-0.05, 0) is 35.4 Å². The smallest absolute Gasteiger partial charge is 0.165 e. The second kappa shape index (κ2) is 11.6. The van der Waals surface area contributed by atoms with Crippen molar-refractivity contribution in [2.24, 2.45) is 0 Å². The standard InChI is InChI=1S/C24H28ClF2N3O4/c1-24(2,17-5-8-23(22(27)9-17)34-14-19(31)10-25)16-3-6-21(7-4-16)33-15-20(32)13-30-12-18(11-26)28-29-30/h3-9,12,19-20,31-32H,10-11,13-15H2,1-2H3/t19-,20+/m1/s1/i26-1. The number of aliphatic hydroxyl groups is 2. The molecule has 0 saturated heterocycles. The first-order valence-corrected chi connectivity index (χ1v) is 11.3. The summed E-state index contributed by atoms with van der Waals surface area (Å²) in [6.45, 7) is 3.31. The summed E-state index contributed by atoms with van der Waals surface area (Å²) in [7, 11) is 0. The molecule has 1 heterocycles. The van der Waals surface area contributed by atoms with Crippen LogP contribution in [-0.4, -0.2) is 56.5 Å². The monoisotopic (exact) mass is 494 g/mol. The van der Waals surface area contributed by atoms with Gasteiger partial charge in [-0.25, -0.2) is 13.5 Å². The van der Waals surface area contributed by atoms with Crippen LogP contribution < -0.4 is 9.47 Å². The van der Waals surface area contributed by atoms with Crippen molar-refractivity contribution in [3.8, 4) is 11.5 Å². The van der Waals surface area contributed by atoms with E-state index in [2.05, 4.69) is 10.3 Å². The number of hydrogen-bond acceptors (Lipinski definition) is 6. The van der Waals surface area contributed by atoms with Gasteiger partial charge in [-0.2, -0.15) is 0 Å². The van der Waals surface area contributed by atoms with E-state index in [4.69, 9.17) is 21.1 Å². The highest BCUT2D eigenvalue weighted by atomic mass is 35.5. The minimum atomic E-state index is -0.865. The SMILES string of the molecule is CC(C)(c1ccc(OC[C@@H](O)Cn2cc(C[18F])nn2)cc1)c1ccc(OC[C@H](O)CCl)c(F)c1. The van der Waals surface area contributed by atoms with Crippen LogP contribution in [0.1, 0.15) is 30.7 Å². The third-order valence-electron chi connectivity index (χ3n) is 5.40. The minimum Gasteiger partial charge on any atom is -0.491 e. The molecule has 0 fully saturated rings. The van der Waals surface area contributed by atoms with Gasteiger partial charge in [-0.1, -0.05) is 37.3 Å². The van der Waals surface area contributed by atoms with E-state index >= 15 is 0 Å². The summed E-state index contributed by atoms with van der Waals surface area (Å²) in [6.07, 6.45) is -0.277. The Bertz CT molecular complexity index is 1060. The predicted molar refractivity (Wildman–Crippen MR) is 124 cm³/mol. The fraction of sp³-hybridized carbons (Fsp3) is 0.417. The van der Waals surface area contributed by atoms with Crippen molar-refractivity contribution in [3.63, 3.8) is 0 Å². The molecular formula is C24H28ClF2N3O4. The van der Waals surface area contributed by atoms with E-state index in [0.29, 0.717) is 5.75 Å². The number of hydrogen-bond donors (Lipinski definition) is 2. The molecule has 0 amide bonds. The molecule has 2 N–H and O–H groups in total.